The van der Waals surface area contributed by atoms with Crippen LogP contribution in [-0.2, 0) is 16.6 Å². The van der Waals surface area contributed by atoms with E-state index in [0.717, 1.165) is 63.8 Å². The summed E-state index contributed by atoms with van der Waals surface area (Å²) in [6.07, 6.45) is 2.93. The topological polar surface area (TPSA) is 54.9 Å². The lowest BCUT2D eigenvalue weighted by atomic mass is 9.74. The fraction of sp³-hybridized carbons (Fsp3) is 0.458. The molecule has 0 atom stereocenters. The zero-order valence-corrected chi connectivity index (χ0v) is 17.6. The highest BCUT2D eigenvalue weighted by Crippen LogP contribution is 2.36. The Hall–Kier alpha value is -2.53. The van der Waals surface area contributed by atoms with Gasteiger partial charge in [0.2, 0.25) is 0 Å². The predicted octanol–water partition coefficient (Wildman–Crippen LogP) is 3.54. The highest BCUT2D eigenvalue weighted by molar-refractivity contribution is 5.79. The Kier molecular flexibility index (Phi) is 7.94. The van der Waals surface area contributed by atoms with E-state index in [1.54, 1.807) is 7.11 Å². The van der Waals surface area contributed by atoms with Gasteiger partial charge in [-0.25, -0.2) is 0 Å². The Morgan fingerprint density at radius 3 is 2.41 bits per heavy atom. The zero-order chi connectivity index (χ0) is 20.4. The zero-order valence-electron chi connectivity index (χ0n) is 17.6. The lowest BCUT2D eigenvalue weighted by molar-refractivity contribution is 0.0531. The number of methoxy groups -OCH3 is 1. The van der Waals surface area contributed by atoms with Crippen molar-refractivity contribution in [3.63, 3.8) is 0 Å². The first-order valence-electron chi connectivity index (χ1n) is 10.5. The van der Waals surface area contributed by atoms with E-state index >= 15 is 0 Å². The van der Waals surface area contributed by atoms with Crippen molar-refractivity contribution in [1.82, 2.24) is 10.6 Å². The van der Waals surface area contributed by atoms with Gasteiger partial charge in [0.1, 0.15) is 5.75 Å². The Morgan fingerprint density at radius 2 is 1.76 bits per heavy atom. The van der Waals surface area contributed by atoms with Gasteiger partial charge in [-0.2, -0.15) is 0 Å². The number of hydrogen-bond acceptors (Lipinski definition) is 3. The van der Waals surface area contributed by atoms with Gasteiger partial charge in [-0.05, 0) is 49.4 Å². The number of nitrogens with one attached hydrogen (secondary N) is 2. The van der Waals surface area contributed by atoms with Gasteiger partial charge in [-0.3, -0.25) is 4.99 Å². The van der Waals surface area contributed by atoms with Gasteiger partial charge in [0.05, 0.1) is 13.7 Å². The minimum atomic E-state index is 0.00625. The summed E-state index contributed by atoms with van der Waals surface area (Å²) in [5, 5.41) is 6.87. The van der Waals surface area contributed by atoms with Crippen molar-refractivity contribution >= 4 is 5.96 Å². The summed E-state index contributed by atoms with van der Waals surface area (Å²) in [6, 6.07) is 19.0. The molecule has 0 saturated carbocycles. The normalized spacial score (nSPS) is 16.3. The van der Waals surface area contributed by atoms with Crippen molar-refractivity contribution in [2.45, 2.75) is 31.6 Å². The number of guanidine groups is 1. The van der Waals surface area contributed by atoms with Crippen LogP contribution < -0.4 is 15.4 Å². The Labute approximate surface area is 174 Å². The summed E-state index contributed by atoms with van der Waals surface area (Å²) < 4.78 is 11.0. The fourth-order valence-electron chi connectivity index (χ4n) is 3.79. The molecule has 1 aliphatic heterocycles. The maximum Gasteiger partial charge on any atom is 0.191 e. The molecule has 0 unspecified atom stereocenters. The van der Waals surface area contributed by atoms with Crippen molar-refractivity contribution in [1.29, 1.82) is 0 Å². The van der Waals surface area contributed by atoms with Crippen LogP contribution in [-0.4, -0.2) is 45.9 Å². The molecule has 1 fully saturated rings. The molecule has 2 aromatic carbocycles. The van der Waals surface area contributed by atoms with Gasteiger partial charge >= 0.3 is 0 Å². The number of aliphatic imine (C=N–C) groups is 1. The number of benzene rings is 2. The Morgan fingerprint density at radius 1 is 1.03 bits per heavy atom. The standard InChI is InChI=1S/C24H33N3O2/c1-3-25-23(26-16-13-20-7-5-4-6-8-20)27-19-24(14-17-29-18-15-24)21-9-11-22(28-2)12-10-21/h4-12H,3,13-19H2,1-2H3,(H2,25,26,27). The first kappa shape index (κ1) is 21.2. The van der Waals surface area contributed by atoms with Crippen LogP contribution in [0.15, 0.2) is 59.6 Å². The first-order chi connectivity index (χ1) is 14.3. The highest BCUT2D eigenvalue weighted by Gasteiger charge is 2.34. The van der Waals surface area contributed by atoms with Crippen LogP contribution in [0.2, 0.25) is 0 Å². The summed E-state index contributed by atoms with van der Waals surface area (Å²) in [5.74, 6) is 1.76. The quantitative estimate of drug-likeness (QED) is 0.530. The van der Waals surface area contributed by atoms with Crippen molar-refractivity contribution in [3.8, 4) is 5.75 Å². The summed E-state index contributed by atoms with van der Waals surface area (Å²) >= 11 is 0. The van der Waals surface area contributed by atoms with E-state index in [9.17, 15) is 0 Å². The SMILES string of the molecule is CCNC(=NCC1(c2ccc(OC)cc2)CCOCC1)NCCc1ccccc1. The van der Waals surface area contributed by atoms with Gasteiger partial charge in [0.15, 0.2) is 5.96 Å². The number of hydrogen-bond donors (Lipinski definition) is 2. The first-order valence-corrected chi connectivity index (χ1v) is 10.5. The van der Waals surface area contributed by atoms with Crippen LogP contribution in [0.3, 0.4) is 0 Å². The van der Waals surface area contributed by atoms with Crippen molar-refractivity contribution in [2.24, 2.45) is 4.99 Å². The molecule has 0 amide bonds. The molecular weight excluding hydrogens is 362 g/mol. The van der Waals surface area contributed by atoms with Gasteiger partial charge in [0.25, 0.3) is 0 Å². The minimum absolute atomic E-state index is 0.00625. The Balaban J connectivity index is 1.69. The maximum absolute atomic E-state index is 5.65. The molecule has 1 saturated heterocycles. The van der Waals surface area contributed by atoms with Crippen LogP contribution in [0.4, 0.5) is 0 Å². The molecular formula is C24H33N3O2. The molecule has 0 spiro atoms. The summed E-state index contributed by atoms with van der Waals surface area (Å²) in [7, 11) is 1.70. The average molecular weight is 396 g/mol. The van der Waals surface area contributed by atoms with Crippen LogP contribution in [0.5, 0.6) is 5.75 Å². The second kappa shape index (κ2) is 10.9. The van der Waals surface area contributed by atoms with Crippen LogP contribution in [0.1, 0.15) is 30.9 Å². The number of ether oxygens (including phenoxy) is 2. The smallest absolute Gasteiger partial charge is 0.191 e. The monoisotopic (exact) mass is 395 g/mol. The maximum atomic E-state index is 5.65. The number of nitrogens with zero attached hydrogens (tertiary/aromatic N) is 1. The number of rotatable bonds is 8. The van der Waals surface area contributed by atoms with E-state index < -0.39 is 0 Å². The lowest BCUT2D eigenvalue weighted by Crippen LogP contribution is -2.41. The third kappa shape index (κ3) is 5.97. The second-order valence-electron chi connectivity index (χ2n) is 7.48. The van der Waals surface area contributed by atoms with E-state index in [0.29, 0.717) is 0 Å². The van der Waals surface area contributed by atoms with Crippen LogP contribution in [0.25, 0.3) is 0 Å². The molecule has 156 valence electrons. The van der Waals surface area contributed by atoms with E-state index in [1.165, 1.54) is 11.1 Å². The van der Waals surface area contributed by atoms with E-state index in [2.05, 4.69) is 60.0 Å². The summed E-state index contributed by atoms with van der Waals surface area (Å²) in [4.78, 5) is 4.97. The van der Waals surface area contributed by atoms with Gasteiger partial charge in [-0.15, -0.1) is 0 Å². The van der Waals surface area contributed by atoms with Crippen molar-refractivity contribution in [2.75, 3.05) is 40.0 Å². The summed E-state index contributed by atoms with van der Waals surface area (Å²) in [5.41, 5.74) is 2.65. The third-order valence-corrected chi connectivity index (χ3v) is 5.59. The van der Waals surface area contributed by atoms with E-state index in [1.807, 2.05) is 12.1 Å². The van der Waals surface area contributed by atoms with Gasteiger partial charge in [0, 0.05) is 31.7 Å². The van der Waals surface area contributed by atoms with Crippen LogP contribution >= 0.6 is 0 Å². The summed E-state index contributed by atoms with van der Waals surface area (Å²) in [6.45, 7) is 6.09. The van der Waals surface area contributed by atoms with Gasteiger partial charge < -0.3 is 20.1 Å². The molecule has 2 aromatic rings. The highest BCUT2D eigenvalue weighted by atomic mass is 16.5. The molecule has 29 heavy (non-hydrogen) atoms. The Bertz CT molecular complexity index is 753. The molecule has 1 aliphatic rings. The molecule has 5 nitrogen and oxygen atoms in total. The molecule has 0 aromatic heterocycles. The minimum Gasteiger partial charge on any atom is -0.497 e. The van der Waals surface area contributed by atoms with E-state index in [4.69, 9.17) is 14.5 Å². The predicted molar refractivity (Wildman–Crippen MR) is 119 cm³/mol. The lowest BCUT2D eigenvalue weighted by Gasteiger charge is -2.36. The van der Waals surface area contributed by atoms with Crippen LogP contribution in [0, 0.1) is 0 Å². The molecule has 0 bridgehead atoms. The van der Waals surface area contributed by atoms with E-state index in [-0.39, 0.29) is 5.41 Å². The third-order valence-electron chi connectivity index (χ3n) is 5.59. The molecule has 1 heterocycles. The average Bonchev–Trinajstić information content (AvgIpc) is 2.79. The van der Waals surface area contributed by atoms with Crippen molar-refractivity contribution in [3.05, 3.63) is 65.7 Å². The molecule has 3 rings (SSSR count). The van der Waals surface area contributed by atoms with Gasteiger partial charge in [-0.1, -0.05) is 42.5 Å². The van der Waals surface area contributed by atoms with Crippen molar-refractivity contribution < 1.29 is 9.47 Å². The largest absolute Gasteiger partial charge is 0.497 e. The molecule has 0 radical (unpaired) electrons. The molecule has 0 aliphatic carbocycles. The molecule has 5 heteroatoms. The second-order valence-corrected chi connectivity index (χ2v) is 7.48. The fourth-order valence-corrected chi connectivity index (χ4v) is 3.79. The molecule has 2 N–H and O–H groups in total.